The van der Waals surface area contributed by atoms with Gasteiger partial charge in [-0.1, -0.05) is 0 Å². The molecule has 6 heteroatoms. The van der Waals surface area contributed by atoms with Crippen molar-refractivity contribution in [1.29, 1.82) is 0 Å². The predicted octanol–water partition coefficient (Wildman–Crippen LogP) is 1.70. The Kier molecular flexibility index (Phi) is 4.36. The van der Waals surface area contributed by atoms with E-state index < -0.39 is 11.9 Å². The van der Waals surface area contributed by atoms with Gasteiger partial charge in [-0.05, 0) is 33.3 Å². The van der Waals surface area contributed by atoms with Crippen LogP contribution in [0.5, 0.6) is 0 Å². The average Bonchev–Trinajstić information content (AvgIpc) is 2.54. The van der Waals surface area contributed by atoms with Crippen molar-refractivity contribution in [2.45, 2.75) is 27.7 Å². The third-order valence-corrected chi connectivity index (χ3v) is 2.63. The van der Waals surface area contributed by atoms with Gasteiger partial charge in [0.1, 0.15) is 0 Å². The number of ether oxygens (including phenoxy) is 2. The Morgan fingerprint density at radius 2 is 1.61 bits per heavy atom. The van der Waals surface area contributed by atoms with Crippen molar-refractivity contribution in [2.24, 2.45) is 0 Å². The average molecular weight is 255 g/mol. The molecule has 0 unspecified atom stereocenters. The molecular formula is C12H17NO5. The summed E-state index contributed by atoms with van der Waals surface area (Å²) in [5.74, 6) is -1.40. The smallest absolute Gasteiger partial charge is 0.359 e. The maximum atomic E-state index is 11.8. The van der Waals surface area contributed by atoms with Gasteiger partial charge in [0.2, 0.25) is 0 Å². The Hall–Kier alpha value is -1.98. The second-order valence-corrected chi connectivity index (χ2v) is 3.69. The molecule has 1 aromatic heterocycles. The van der Waals surface area contributed by atoms with E-state index in [2.05, 4.69) is 0 Å². The highest BCUT2D eigenvalue weighted by Crippen LogP contribution is 2.22. The number of aromatic nitrogens is 1. The molecule has 18 heavy (non-hydrogen) atoms. The Morgan fingerprint density at radius 1 is 1.11 bits per heavy atom. The van der Waals surface area contributed by atoms with E-state index in [4.69, 9.17) is 9.47 Å². The van der Waals surface area contributed by atoms with Gasteiger partial charge < -0.3 is 14.7 Å². The van der Waals surface area contributed by atoms with Gasteiger partial charge in [-0.3, -0.25) is 0 Å². The second-order valence-electron chi connectivity index (χ2n) is 3.69. The van der Waals surface area contributed by atoms with Crippen LogP contribution in [0.1, 0.15) is 46.0 Å². The normalized spacial score (nSPS) is 10.2. The summed E-state index contributed by atoms with van der Waals surface area (Å²) in [7, 11) is 0. The van der Waals surface area contributed by atoms with Crippen LogP contribution >= 0.6 is 0 Å². The maximum absolute atomic E-state index is 11.8. The van der Waals surface area contributed by atoms with Crippen LogP contribution in [-0.4, -0.2) is 35.1 Å². The minimum atomic E-state index is -0.751. The fourth-order valence-electron chi connectivity index (χ4n) is 1.63. The van der Waals surface area contributed by atoms with Crippen LogP contribution in [0.4, 0.5) is 0 Å². The second kappa shape index (κ2) is 5.57. The summed E-state index contributed by atoms with van der Waals surface area (Å²) in [6.07, 6.45) is 0. The van der Waals surface area contributed by atoms with Gasteiger partial charge in [-0.2, -0.15) is 4.73 Å². The number of carbonyl (C=O) groups excluding carboxylic acids is 2. The van der Waals surface area contributed by atoms with Gasteiger partial charge >= 0.3 is 11.9 Å². The highest BCUT2D eigenvalue weighted by molar-refractivity contribution is 6.03. The van der Waals surface area contributed by atoms with Crippen molar-refractivity contribution in [2.75, 3.05) is 13.2 Å². The summed E-state index contributed by atoms with van der Waals surface area (Å²) >= 11 is 0. The summed E-state index contributed by atoms with van der Waals surface area (Å²) in [5, 5.41) is 9.82. The third-order valence-electron chi connectivity index (χ3n) is 2.63. The first-order valence-electron chi connectivity index (χ1n) is 5.71. The van der Waals surface area contributed by atoms with Crippen molar-refractivity contribution < 1.29 is 24.3 Å². The van der Waals surface area contributed by atoms with E-state index in [0.717, 1.165) is 0 Å². The highest BCUT2D eigenvalue weighted by atomic mass is 16.5. The fourth-order valence-corrected chi connectivity index (χ4v) is 1.63. The zero-order chi connectivity index (χ0) is 13.9. The minimum Gasteiger partial charge on any atom is -0.462 e. The zero-order valence-electron chi connectivity index (χ0n) is 10.9. The Labute approximate surface area is 105 Å². The molecule has 1 N–H and O–H groups in total. The van der Waals surface area contributed by atoms with Gasteiger partial charge in [0, 0.05) is 0 Å². The van der Waals surface area contributed by atoms with Crippen LogP contribution in [0, 0.1) is 13.8 Å². The van der Waals surface area contributed by atoms with Gasteiger partial charge in [-0.15, -0.1) is 0 Å². The molecule has 0 saturated heterocycles. The van der Waals surface area contributed by atoms with Crippen LogP contribution in [-0.2, 0) is 9.47 Å². The number of nitrogens with zero attached hydrogens (tertiary/aromatic N) is 1. The molecule has 0 aliphatic rings. The molecule has 100 valence electrons. The Bertz CT molecular complexity index is 434. The maximum Gasteiger partial charge on any atom is 0.359 e. The predicted molar refractivity (Wildman–Crippen MR) is 63.0 cm³/mol. The topological polar surface area (TPSA) is 77.8 Å². The molecule has 0 aliphatic carbocycles. The molecule has 0 amide bonds. The first-order valence-corrected chi connectivity index (χ1v) is 5.71. The monoisotopic (exact) mass is 255 g/mol. The molecule has 0 spiro atoms. The quantitative estimate of drug-likeness (QED) is 0.654. The lowest BCUT2D eigenvalue weighted by Gasteiger charge is -2.06. The number of hydrogen-bond donors (Lipinski definition) is 1. The number of rotatable bonds is 4. The van der Waals surface area contributed by atoms with Gasteiger partial charge in [0.25, 0.3) is 0 Å². The lowest BCUT2D eigenvalue weighted by Crippen LogP contribution is -2.16. The first-order chi connectivity index (χ1) is 8.45. The van der Waals surface area contributed by atoms with Crippen molar-refractivity contribution >= 4 is 11.9 Å². The van der Waals surface area contributed by atoms with Crippen LogP contribution in [0.15, 0.2) is 0 Å². The van der Waals surface area contributed by atoms with Crippen LogP contribution < -0.4 is 0 Å². The Morgan fingerprint density at radius 3 is 2.11 bits per heavy atom. The van der Waals surface area contributed by atoms with E-state index in [0.29, 0.717) is 16.0 Å². The standard InChI is InChI=1S/C12H17NO5/c1-5-17-11(14)9-7(3)8(4)13(16)10(9)12(15)18-6-2/h16H,5-6H2,1-4H3. The van der Waals surface area contributed by atoms with E-state index in [1.807, 2.05) is 0 Å². The van der Waals surface area contributed by atoms with Crippen LogP contribution in [0.25, 0.3) is 0 Å². The summed E-state index contributed by atoms with van der Waals surface area (Å²) in [5.41, 5.74) is 0.765. The molecule has 1 rings (SSSR count). The van der Waals surface area contributed by atoms with Crippen LogP contribution in [0.2, 0.25) is 0 Å². The van der Waals surface area contributed by atoms with Gasteiger partial charge in [-0.25, -0.2) is 9.59 Å². The number of esters is 2. The molecule has 0 saturated carbocycles. The molecule has 0 aliphatic heterocycles. The lowest BCUT2D eigenvalue weighted by molar-refractivity contribution is 0.0436. The van der Waals surface area contributed by atoms with Crippen molar-refractivity contribution in [1.82, 2.24) is 4.73 Å². The number of carbonyl (C=O) groups is 2. The molecule has 1 heterocycles. The molecule has 0 bridgehead atoms. The third kappa shape index (κ3) is 2.32. The summed E-state index contributed by atoms with van der Waals surface area (Å²) in [6.45, 7) is 6.89. The highest BCUT2D eigenvalue weighted by Gasteiger charge is 2.29. The lowest BCUT2D eigenvalue weighted by atomic mass is 10.1. The van der Waals surface area contributed by atoms with Crippen LogP contribution in [0.3, 0.4) is 0 Å². The molecule has 1 aromatic rings. The summed E-state index contributed by atoms with van der Waals surface area (Å²) in [6, 6.07) is 0. The summed E-state index contributed by atoms with van der Waals surface area (Å²) in [4.78, 5) is 23.6. The van der Waals surface area contributed by atoms with E-state index in [1.54, 1.807) is 27.7 Å². The van der Waals surface area contributed by atoms with E-state index in [1.165, 1.54) is 0 Å². The van der Waals surface area contributed by atoms with Crippen molar-refractivity contribution in [3.05, 3.63) is 22.5 Å². The van der Waals surface area contributed by atoms with Crippen molar-refractivity contribution in [3.63, 3.8) is 0 Å². The van der Waals surface area contributed by atoms with E-state index in [9.17, 15) is 14.8 Å². The van der Waals surface area contributed by atoms with Crippen molar-refractivity contribution in [3.8, 4) is 0 Å². The van der Waals surface area contributed by atoms with Gasteiger partial charge in [0.05, 0.1) is 24.5 Å². The molecule has 6 nitrogen and oxygen atoms in total. The SMILES string of the molecule is CCOC(=O)c1c(C)c(C)n(O)c1C(=O)OCC. The fraction of sp³-hybridized carbons (Fsp3) is 0.500. The molecule has 0 radical (unpaired) electrons. The molecular weight excluding hydrogens is 238 g/mol. The Balaban J connectivity index is 3.35. The molecule has 0 atom stereocenters. The largest absolute Gasteiger partial charge is 0.462 e. The minimum absolute atomic E-state index is 0.0512. The zero-order valence-corrected chi connectivity index (χ0v) is 10.9. The molecule has 0 aromatic carbocycles. The number of hydrogen-bond acceptors (Lipinski definition) is 5. The molecule has 0 fully saturated rings. The van der Waals surface area contributed by atoms with Gasteiger partial charge in [0.15, 0.2) is 5.69 Å². The van der Waals surface area contributed by atoms with E-state index in [-0.39, 0.29) is 24.5 Å². The summed E-state index contributed by atoms with van der Waals surface area (Å²) < 4.78 is 10.4. The first kappa shape index (κ1) is 14.1. The van der Waals surface area contributed by atoms with E-state index >= 15 is 0 Å².